The normalized spacial score (nSPS) is 11.1. The Morgan fingerprint density at radius 1 is 1.23 bits per heavy atom. The van der Waals surface area contributed by atoms with Crippen LogP contribution in [0.25, 0.3) is 16.8 Å². The summed E-state index contributed by atoms with van der Waals surface area (Å²) in [5, 5.41) is 5.14. The Kier molecular flexibility index (Phi) is 4.01. The zero-order valence-corrected chi connectivity index (χ0v) is 12.3. The number of aromatic amines is 1. The molecule has 1 aromatic heterocycles. The van der Waals surface area contributed by atoms with Crippen molar-refractivity contribution in [3.8, 4) is 0 Å². The molecule has 0 atom stereocenters. The van der Waals surface area contributed by atoms with Gasteiger partial charge in [-0.15, -0.1) is 0 Å². The Morgan fingerprint density at radius 3 is 2.86 bits per heavy atom. The fourth-order valence-electron chi connectivity index (χ4n) is 2.36. The van der Waals surface area contributed by atoms with E-state index in [1.54, 1.807) is 12.4 Å². The van der Waals surface area contributed by atoms with Crippen molar-refractivity contribution in [1.82, 2.24) is 15.3 Å². The number of benzene rings is 2. The SMILES string of the molecule is Cc1[nH]cnc1CNC(=O)/C=C/c1cccc2ccccc12. The molecule has 0 radical (unpaired) electrons. The highest BCUT2D eigenvalue weighted by Crippen LogP contribution is 2.19. The van der Waals surface area contributed by atoms with E-state index < -0.39 is 0 Å². The number of fused-ring (bicyclic) bond motifs is 1. The fourth-order valence-corrected chi connectivity index (χ4v) is 2.36. The number of aromatic nitrogens is 2. The second-order valence-electron chi connectivity index (χ2n) is 5.09. The van der Waals surface area contributed by atoms with E-state index in [4.69, 9.17) is 0 Å². The van der Waals surface area contributed by atoms with Gasteiger partial charge in [-0.1, -0.05) is 42.5 Å². The average Bonchev–Trinajstić information content (AvgIpc) is 2.96. The van der Waals surface area contributed by atoms with Crippen molar-refractivity contribution < 1.29 is 4.79 Å². The minimum atomic E-state index is -0.129. The van der Waals surface area contributed by atoms with Crippen LogP contribution >= 0.6 is 0 Å². The molecule has 3 aromatic rings. The predicted octanol–water partition coefficient (Wildman–Crippen LogP) is 3.20. The highest BCUT2D eigenvalue weighted by atomic mass is 16.1. The Bertz CT molecular complexity index is 828. The summed E-state index contributed by atoms with van der Waals surface area (Å²) < 4.78 is 0. The number of rotatable bonds is 4. The molecule has 22 heavy (non-hydrogen) atoms. The van der Waals surface area contributed by atoms with Crippen molar-refractivity contribution in [2.45, 2.75) is 13.5 Å². The summed E-state index contributed by atoms with van der Waals surface area (Å²) >= 11 is 0. The molecule has 4 heteroatoms. The van der Waals surface area contributed by atoms with Crippen LogP contribution in [0.15, 0.2) is 54.9 Å². The van der Waals surface area contributed by atoms with Crippen molar-refractivity contribution in [3.63, 3.8) is 0 Å². The summed E-state index contributed by atoms with van der Waals surface area (Å²) in [4.78, 5) is 19.1. The zero-order valence-electron chi connectivity index (χ0n) is 12.3. The van der Waals surface area contributed by atoms with Gasteiger partial charge in [0.25, 0.3) is 0 Å². The number of aryl methyl sites for hydroxylation is 1. The molecule has 1 amide bonds. The van der Waals surface area contributed by atoms with Gasteiger partial charge in [0.1, 0.15) is 0 Å². The van der Waals surface area contributed by atoms with E-state index in [2.05, 4.69) is 33.5 Å². The highest BCUT2D eigenvalue weighted by molar-refractivity contribution is 5.96. The van der Waals surface area contributed by atoms with Gasteiger partial charge >= 0.3 is 0 Å². The Hall–Kier alpha value is -2.88. The molecular formula is C18H17N3O. The lowest BCUT2D eigenvalue weighted by atomic mass is 10.0. The molecule has 0 saturated carbocycles. The number of amides is 1. The van der Waals surface area contributed by atoms with Gasteiger partial charge < -0.3 is 10.3 Å². The first-order valence-electron chi connectivity index (χ1n) is 7.16. The molecule has 0 aliphatic carbocycles. The zero-order chi connectivity index (χ0) is 15.4. The predicted molar refractivity (Wildman–Crippen MR) is 88.2 cm³/mol. The molecular weight excluding hydrogens is 274 g/mol. The molecule has 1 heterocycles. The minimum absolute atomic E-state index is 0.129. The molecule has 2 N–H and O–H groups in total. The molecule has 0 spiro atoms. The van der Waals surface area contributed by atoms with Gasteiger partial charge in [0.05, 0.1) is 18.6 Å². The van der Waals surface area contributed by atoms with Crippen LogP contribution in [0.1, 0.15) is 17.0 Å². The first-order valence-corrected chi connectivity index (χ1v) is 7.16. The molecule has 0 aliphatic rings. The van der Waals surface area contributed by atoms with Crippen molar-refractivity contribution in [3.05, 3.63) is 71.8 Å². The third-order valence-corrected chi connectivity index (χ3v) is 3.60. The van der Waals surface area contributed by atoms with E-state index >= 15 is 0 Å². The van der Waals surface area contributed by atoms with Crippen LogP contribution in [-0.4, -0.2) is 15.9 Å². The van der Waals surface area contributed by atoms with Crippen molar-refractivity contribution in [2.24, 2.45) is 0 Å². The third kappa shape index (κ3) is 3.06. The van der Waals surface area contributed by atoms with Gasteiger partial charge in [-0.2, -0.15) is 0 Å². The van der Waals surface area contributed by atoms with Gasteiger partial charge in [-0.05, 0) is 29.3 Å². The minimum Gasteiger partial charge on any atom is -0.348 e. The Balaban J connectivity index is 1.70. The second-order valence-corrected chi connectivity index (χ2v) is 5.09. The summed E-state index contributed by atoms with van der Waals surface area (Å²) in [5.74, 6) is -0.129. The highest BCUT2D eigenvalue weighted by Gasteiger charge is 2.02. The van der Waals surface area contributed by atoms with Crippen LogP contribution in [0.4, 0.5) is 0 Å². The first kappa shape index (κ1) is 14.1. The molecule has 0 unspecified atom stereocenters. The standard InChI is InChI=1S/C18H17N3O/c1-13-17(21-12-20-13)11-19-18(22)10-9-15-7-4-6-14-5-2-3-8-16(14)15/h2-10,12H,11H2,1H3,(H,19,22)(H,20,21)/b10-9+. The number of carbonyl (C=O) groups excluding carboxylic acids is 1. The number of nitrogens with zero attached hydrogens (tertiary/aromatic N) is 1. The number of imidazole rings is 1. The largest absolute Gasteiger partial charge is 0.348 e. The molecule has 4 nitrogen and oxygen atoms in total. The first-order chi connectivity index (χ1) is 10.7. The molecule has 3 rings (SSSR count). The smallest absolute Gasteiger partial charge is 0.244 e. The maximum absolute atomic E-state index is 11.9. The number of hydrogen-bond donors (Lipinski definition) is 2. The Morgan fingerprint density at radius 2 is 2.05 bits per heavy atom. The lowest BCUT2D eigenvalue weighted by Crippen LogP contribution is -2.20. The maximum atomic E-state index is 11.9. The molecule has 110 valence electrons. The topological polar surface area (TPSA) is 57.8 Å². The lowest BCUT2D eigenvalue weighted by molar-refractivity contribution is -0.116. The molecule has 2 aromatic carbocycles. The molecule has 0 bridgehead atoms. The van der Waals surface area contributed by atoms with E-state index in [9.17, 15) is 4.79 Å². The van der Waals surface area contributed by atoms with E-state index in [0.717, 1.165) is 27.7 Å². The number of nitrogens with one attached hydrogen (secondary N) is 2. The maximum Gasteiger partial charge on any atom is 0.244 e. The summed E-state index contributed by atoms with van der Waals surface area (Å²) in [7, 11) is 0. The Labute approximate surface area is 128 Å². The average molecular weight is 291 g/mol. The van der Waals surface area contributed by atoms with E-state index in [1.807, 2.05) is 37.3 Å². The van der Waals surface area contributed by atoms with Crippen molar-refractivity contribution in [2.75, 3.05) is 0 Å². The molecule has 0 saturated heterocycles. The van der Waals surface area contributed by atoms with Gasteiger partial charge in [-0.25, -0.2) is 4.98 Å². The van der Waals surface area contributed by atoms with Crippen molar-refractivity contribution >= 4 is 22.8 Å². The summed E-state index contributed by atoms with van der Waals surface area (Å²) in [6.45, 7) is 2.36. The van der Waals surface area contributed by atoms with Crippen LogP contribution in [0.2, 0.25) is 0 Å². The van der Waals surface area contributed by atoms with Gasteiger partial charge in [-0.3, -0.25) is 4.79 Å². The van der Waals surface area contributed by atoms with Crippen LogP contribution < -0.4 is 5.32 Å². The van der Waals surface area contributed by atoms with Gasteiger partial charge in [0.2, 0.25) is 5.91 Å². The summed E-state index contributed by atoms with van der Waals surface area (Å²) in [5.41, 5.74) is 2.86. The molecule has 0 fully saturated rings. The third-order valence-electron chi connectivity index (χ3n) is 3.60. The van der Waals surface area contributed by atoms with E-state index in [1.165, 1.54) is 0 Å². The monoisotopic (exact) mass is 291 g/mol. The molecule has 0 aliphatic heterocycles. The van der Waals surface area contributed by atoms with E-state index in [-0.39, 0.29) is 5.91 Å². The van der Waals surface area contributed by atoms with E-state index in [0.29, 0.717) is 6.54 Å². The van der Waals surface area contributed by atoms with Gasteiger partial charge in [0.15, 0.2) is 0 Å². The lowest BCUT2D eigenvalue weighted by Gasteiger charge is -2.02. The van der Waals surface area contributed by atoms with Gasteiger partial charge in [0, 0.05) is 11.8 Å². The number of hydrogen-bond acceptors (Lipinski definition) is 2. The van der Waals surface area contributed by atoms with Crippen LogP contribution in [0.3, 0.4) is 0 Å². The van der Waals surface area contributed by atoms with Crippen LogP contribution in [-0.2, 0) is 11.3 Å². The summed E-state index contributed by atoms with van der Waals surface area (Å²) in [6.07, 6.45) is 5.03. The number of H-pyrrole nitrogens is 1. The van der Waals surface area contributed by atoms with Crippen molar-refractivity contribution in [1.29, 1.82) is 0 Å². The van der Waals surface area contributed by atoms with Crippen LogP contribution in [0, 0.1) is 6.92 Å². The quantitative estimate of drug-likeness (QED) is 0.725. The second kappa shape index (κ2) is 6.26. The summed E-state index contributed by atoms with van der Waals surface area (Å²) in [6, 6.07) is 14.2. The fraction of sp³-hybridized carbons (Fsp3) is 0.111. The van der Waals surface area contributed by atoms with Crippen LogP contribution in [0.5, 0.6) is 0 Å². The number of carbonyl (C=O) groups is 1.